The van der Waals surface area contributed by atoms with Gasteiger partial charge in [-0.2, -0.15) is 5.26 Å². The Morgan fingerprint density at radius 3 is 2.56 bits per heavy atom. The first kappa shape index (κ1) is 15.3. The highest BCUT2D eigenvalue weighted by molar-refractivity contribution is 5.04. The van der Waals surface area contributed by atoms with Gasteiger partial charge in [-0.05, 0) is 26.8 Å². The van der Waals surface area contributed by atoms with Crippen LogP contribution >= 0.6 is 0 Å². The Hall–Kier alpha value is -0.730. The summed E-state index contributed by atoms with van der Waals surface area (Å²) in [6, 6.07) is 2.15. The highest BCUT2D eigenvalue weighted by atomic mass is 19.3. The normalized spacial score (nSPS) is 16.8. The Balaban J connectivity index is 4.05. The fraction of sp³-hybridized carbons (Fsp3) is 0.909. The van der Waals surface area contributed by atoms with Gasteiger partial charge in [-0.15, -0.1) is 0 Å². The van der Waals surface area contributed by atoms with Crippen LogP contribution in [0.2, 0.25) is 0 Å². The average molecular weight is 234 g/mol. The van der Waals surface area contributed by atoms with E-state index in [1.165, 1.54) is 0 Å². The third-order valence-electron chi connectivity index (χ3n) is 2.21. The molecular formula is C11H20F2N2O. The zero-order valence-corrected chi connectivity index (χ0v) is 10.1. The van der Waals surface area contributed by atoms with Crippen molar-refractivity contribution >= 4 is 0 Å². The monoisotopic (exact) mass is 234 g/mol. The molecule has 0 aromatic carbocycles. The van der Waals surface area contributed by atoms with Crippen molar-refractivity contribution in [3.63, 3.8) is 0 Å². The fourth-order valence-electron chi connectivity index (χ4n) is 1.43. The van der Waals surface area contributed by atoms with Crippen molar-refractivity contribution in [2.45, 2.75) is 51.7 Å². The summed E-state index contributed by atoms with van der Waals surface area (Å²) in [5, 5.41) is 12.1. The van der Waals surface area contributed by atoms with E-state index in [0.717, 1.165) is 13.0 Å². The average Bonchev–Trinajstić information content (AvgIpc) is 2.23. The van der Waals surface area contributed by atoms with E-state index >= 15 is 0 Å². The zero-order chi connectivity index (χ0) is 12.6. The molecule has 0 fully saturated rings. The van der Waals surface area contributed by atoms with Crippen LogP contribution in [0.3, 0.4) is 0 Å². The molecule has 2 atom stereocenters. The Morgan fingerprint density at radius 1 is 1.50 bits per heavy atom. The molecule has 0 bridgehead atoms. The zero-order valence-electron chi connectivity index (χ0n) is 10.1. The number of hydrogen-bond acceptors (Lipinski definition) is 3. The van der Waals surface area contributed by atoms with Gasteiger partial charge in [0.1, 0.15) is 12.1 Å². The molecule has 0 saturated carbocycles. The van der Waals surface area contributed by atoms with Gasteiger partial charge in [0.05, 0.1) is 12.2 Å². The van der Waals surface area contributed by atoms with Gasteiger partial charge < -0.3 is 4.74 Å². The van der Waals surface area contributed by atoms with Crippen molar-refractivity contribution in [3.05, 3.63) is 0 Å². The van der Waals surface area contributed by atoms with Crippen LogP contribution in [-0.4, -0.2) is 31.2 Å². The summed E-state index contributed by atoms with van der Waals surface area (Å²) in [6.07, 6.45) is -1.50. The lowest BCUT2D eigenvalue weighted by atomic mass is 9.96. The summed E-state index contributed by atoms with van der Waals surface area (Å²) in [5.74, 6) is 0. The smallest absolute Gasteiger partial charge is 0.261 e. The van der Waals surface area contributed by atoms with Gasteiger partial charge in [-0.1, -0.05) is 6.92 Å². The molecule has 0 aliphatic carbocycles. The minimum Gasteiger partial charge on any atom is -0.372 e. The molecule has 0 heterocycles. The van der Waals surface area contributed by atoms with E-state index in [-0.39, 0.29) is 6.10 Å². The van der Waals surface area contributed by atoms with E-state index in [0.29, 0.717) is 6.42 Å². The van der Waals surface area contributed by atoms with Gasteiger partial charge in [0, 0.05) is 6.42 Å². The van der Waals surface area contributed by atoms with Crippen LogP contribution in [0.25, 0.3) is 0 Å². The molecular weight excluding hydrogens is 214 g/mol. The number of nitrogens with zero attached hydrogens (tertiary/aromatic N) is 1. The third-order valence-corrected chi connectivity index (χ3v) is 2.21. The van der Waals surface area contributed by atoms with Crippen LogP contribution in [0, 0.1) is 11.3 Å². The van der Waals surface area contributed by atoms with Gasteiger partial charge in [0.15, 0.2) is 0 Å². The maximum absolute atomic E-state index is 11.9. The van der Waals surface area contributed by atoms with Crippen molar-refractivity contribution in [1.29, 1.82) is 5.26 Å². The second-order valence-electron chi connectivity index (χ2n) is 4.11. The molecule has 0 aromatic heterocycles. The molecule has 0 rings (SSSR count). The minimum absolute atomic E-state index is 0.358. The summed E-state index contributed by atoms with van der Waals surface area (Å²) in [5.41, 5.74) is -0.711. The molecule has 0 saturated heterocycles. The third kappa shape index (κ3) is 6.70. The molecule has 0 aliphatic heterocycles. The van der Waals surface area contributed by atoms with Crippen molar-refractivity contribution in [2.24, 2.45) is 0 Å². The summed E-state index contributed by atoms with van der Waals surface area (Å²) in [7, 11) is 0. The van der Waals surface area contributed by atoms with Crippen LogP contribution in [0.5, 0.6) is 0 Å². The van der Waals surface area contributed by atoms with E-state index in [2.05, 4.69) is 11.4 Å². The van der Waals surface area contributed by atoms with Gasteiger partial charge in [0.2, 0.25) is 0 Å². The van der Waals surface area contributed by atoms with Gasteiger partial charge >= 0.3 is 0 Å². The largest absolute Gasteiger partial charge is 0.372 e. The minimum atomic E-state index is -2.46. The van der Waals surface area contributed by atoms with E-state index < -0.39 is 18.6 Å². The molecule has 0 aromatic rings. The van der Waals surface area contributed by atoms with Gasteiger partial charge in [-0.3, -0.25) is 5.32 Å². The number of hydrogen-bond donors (Lipinski definition) is 1. The number of ether oxygens (including phenoxy) is 1. The summed E-state index contributed by atoms with van der Waals surface area (Å²) in [4.78, 5) is 0. The number of alkyl halides is 2. The molecule has 0 spiro atoms. The number of rotatable bonds is 8. The van der Waals surface area contributed by atoms with Crippen molar-refractivity contribution < 1.29 is 13.5 Å². The fourth-order valence-corrected chi connectivity index (χ4v) is 1.43. The molecule has 16 heavy (non-hydrogen) atoms. The van der Waals surface area contributed by atoms with E-state index in [1.54, 1.807) is 13.8 Å². The number of halogens is 2. The highest BCUT2D eigenvalue weighted by Crippen LogP contribution is 2.14. The lowest BCUT2D eigenvalue weighted by Crippen LogP contribution is -2.44. The molecule has 5 heteroatoms. The molecule has 0 amide bonds. The first-order valence-electron chi connectivity index (χ1n) is 5.49. The van der Waals surface area contributed by atoms with Gasteiger partial charge in [0.25, 0.3) is 6.43 Å². The van der Waals surface area contributed by atoms with Crippen LogP contribution < -0.4 is 5.32 Å². The second-order valence-corrected chi connectivity index (χ2v) is 4.11. The summed E-state index contributed by atoms with van der Waals surface area (Å²) < 4.78 is 28.8. The molecule has 2 unspecified atom stereocenters. The Morgan fingerprint density at radius 2 is 2.12 bits per heavy atom. The maximum atomic E-state index is 11.9. The summed E-state index contributed by atoms with van der Waals surface area (Å²) >= 11 is 0. The van der Waals surface area contributed by atoms with Crippen LogP contribution in [0.1, 0.15) is 33.6 Å². The van der Waals surface area contributed by atoms with Gasteiger partial charge in [-0.25, -0.2) is 8.78 Å². The lowest BCUT2D eigenvalue weighted by Gasteiger charge is -2.26. The molecule has 94 valence electrons. The second kappa shape index (κ2) is 7.53. The maximum Gasteiger partial charge on any atom is 0.261 e. The SMILES string of the molecule is CCCNC(C)(C#N)CC(C)OCC(F)F. The first-order valence-corrected chi connectivity index (χ1v) is 5.49. The van der Waals surface area contributed by atoms with E-state index in [1.807, 2.05) is 6.92 Å². The molecule has 0 radical (unpaired) electrons. The molecule has 3 nitrogen and oxygen atoms in total. The van der Waals surface area contributed by atoms with Crippen molar-refractivity contribution in [1.82, 2.24) is 5.32 Å². The number of nitriles is 1. The van der Waals surface area contributed by atoms with Crippen molar-refractivity contribution in [2.75, 3.05) is 13.2 Å². The van der Waals surface area contributed by atoms with E-state index in [4.69, 9.17) is 10.00 Å². The van der Waals surface area contributed by atoms with Crippen LogP contribution in [-0.2, 0) is 4.74 Å². The predicted molar refractivity (Wildman–Crippen MR) is 58.3 cm³/mol. The van der Waals surface area contributed by atoms with Crippen LogP contribution in [0.15, 0.2) is 0 Å². The Bertz CT molecular complexity index is 231. The summed E-state index contributed by atoms with van der Waals surface area (Å²) in [6.45, 7) is 5.61. The topological polar surface area (TPSA) is 45.0 Å². The van der Waals surface area contributed by atoms with Crippen LogP contribution in [0.4, 0.5) is 8.78 Å². The quantitative estimate of drug-likeness (QED) is 0.701. The first-order chi connectivity index (χ1) is 7.43. The highest BCUT2D eigenvalue weighted by Gasteiger charge is 2.26. The lowest BCUT2D eigenvalue weighted by molar-refractivity contribution is -0.0253. The molecule has 0 aliphatic rings. The van der Waals surface area contributed by atoms with Crippen molar-refractivity contribution in [3.8, 4) is 6.07 Å². The Kier molecular flexibility index (Phi) is 7.18. The van der Waals surface area contributed by atoms with E-state index in [9.17, 15) is 8.78 Å². The number of nitrogens with one attached hydrogen (secondary N) is 1. The molecule has 1 N–H and O–H groups in total. The Labute approximate surface area is 95.8 Å². The standard InChI is InChI=1S/C11H20F2N2O/c1-4-5-15-11(3,8-14)6-9(2)16-7-10(12)13/h9-10,15H,4-7H2,1-3H3. The predicted octanol–water partition coefficient (Wildman–Crippen LogP) is 2.33.